The van der Waals surface area contributed by atoms with Crippen LogP contribution in [0.25, 0.3) is 0 Å². The third kappa shape index (κ3) is 6.89. The molecule has 0 atom stereocenters. The maximum Gasteiger partial charge on any atom is 0.407 e. The average Bonchev–Trinajstić information content (AvgIpc) is 2.52. The number of carbonyl (C=O) groups is 1. The Labute approximate surface area is 159 Å². The van der Waals surface area contributed by atoms with Gasteiger partial charge in [-0.15, -0.1) is 0 Å². The minimum Gasteiger partial charge on any atom is -0.444 e. The van der Waals surface area contributed by atoms with Crippen molar-refractivity contribution in [3.8, 4) is 0 Å². The van der Waals surface area contributed by atoms with Crippen LogP contribution >= 0.6 is 0 Å². The smallest absolute Gasteiger partial charge is 0.407 e. The van der Waals surface area contributed by atoms with Gasteiger partial charge >= 0.3 is 6.09 Å². The summed E-state index contributed by atoms with van der Waals surface area (Å²) in [6.07, 6.45) is 4.02. The van der Waals surface area contributed by atoms with Gasteiger partial charge < -0.3 is 15.4 Å². The van der Waals surface area contributed by atoms with Crippen molar-refractivity contribution >= 4 is 11.8 Å². The number of amides is 1. The molecule has 2 rings (SSSR count). The number of hydrogen-bond donors (Lipinski definition) is 2. The molecule has 4 nitrogen and oxygen atoms in total. The van der Waals surface area contributed by atoms with Crippen LogP contribution in [0.15, 0.2) is 24.3 Å². The molecule has 1 aromatic rings. The molecule has 1 aliphatic carbocycles. The van der Waals surface area contributed by atoms with E-state index in [2.05, 4.69) is 55.7 Å². The van der Waals surface area contributed by atoms with E-state index >= 15 is 0 Å². The van der Waals surface area contributed by atoms with Crippen molar-refractivity contribution in [2.45, 2.75) is 84.3 Å². The highest BCUT2D eigenvalue weighted by molar-refractivity contribution is 5.68. The maximum atomic E-state index is 11.9. The van der Waals surface area contributed by atoms with E-state index in [-0.39, 0.29) is 17.6 Å². The predicted octanol–water partition coefficient (Wildman–Crippen LogP) is 5.48. The Morgan fingerprint density at radius 2 is 1.58 bits per heavy atom. The second-order valence-corrected chi connectivity index (χ2v) is 9.57. The molecule has 0 saturated heterocycles. The van der Waals surface area contributed by atoms with Crippen LogP contribution in [0.2, 0.25) is 0 Å². The molecule has 0 heterocycles. The first-order chi connectivity index (χ1) is 12.0. The number of anilines is 1. The molecule has 2 N–H and O–H groups in total. The molecule has 1 amide bonds. The molecule has 0 aromatic heterocycles. The third-order valence-corrected chi connectivity index (χ3v) is 4.91. The molecule has 1 saturated carbocycles. The predicted molar refractivity (Wildman–Crippen MR) is 109 cm³/mol. The highest BCUT2D eigenvalue weighted by Gasteiger charge is 2.24. The van der Waals surface area contributed by atoms with Crippen molar-refractivity contribution < 1.29 is 9.53 Å². The van der Waals surface area contributed by atoms with Crippen LogP contribution in [-0.4, -0.2) is 24.3 Å². The summed E-state index contributed by atoms with van der Waals surface area (Å²) in [6.45, 7) is 13.4. The molecule has 1 aliphatic rings. The zero-order chi connectivity index (χ0) is 19.4. The van der Waals surface area contributed by atoms with Gasteiger partial charge in [0.15, 0.2) is 0 Å². The largest absolute Gasteiger partial charge is 0.444 e. The lowest BCUT2D eigenvalue weighted by molar-refractivity contribution is 0.0488. The van der Waals surface area contributed by atoms with Crippen LogP contribution in [0.4, 0.5) is 10.5 Å². The zero-order valence-electron chi connectivity index (χ0n) is 17.3. The monoisotopic (exact) mass is 360 g/mol. The number of alkyl carbamates (subject to hydrolysis) is 1. The highest BCUT2D eigenvalue weighted by atomic mass is 16.6. The summed E-state index contributed by atoms with van der Waals surface area (Å²) >= 11 is 0. The molecule has 0 bridgehead atoms. The lowest BCUT2D eigenvalue weighted by Crippen LogP contribution is -2.41. The number of hydrogen-bond acceptors (Lipinski definition) is 3. The van der Waals surface area contributed by atoms with Crippen molar-refractivity contribution in [1.29, 1.82) is 0 Å². The Bertz CT molecular complexity index is 574. The summed E-state index contributed by atoms with van der Waals surface area (Å²) in [6, 6.07) is 9.02. The van der Waals surface area contributed by atoms with E-state index in [4.69, 9.17) is 4.74 Å². The van der Waals surface area contributed by atoms with Crippen LogP contribution in [-0.2, 0) is 10.2 Å². The van der Waals surface area contributed by atoms with Gasteiger partial charge in [-0.3, -0.25) is 0 Å². The average molecular weight is 361 g/mol. The Kier molecular flexibility index (Phi) is 6.59. The fourth-order valence-corrected chi connectivity index (χ4v) is 3.34. The van der Waals surface area contributed by atoms with Gasteiger partial charge in [0, 0.05) is 18.3 Å². The first-order valence-electron chi connectivity index (χ1n) is 9.87. The summed E-state index contributed by atoms with van der Waals surface area (Å²) in [5.74, 6) is 0.661. The van der Waals surface area contributed by atoms with E-state index in [9.17, 15) is 4.79 Å². The minimum absolute atomic E-state index is 0.193. The summed E-state index contributed by atoms with van der Waals surface area (Å²) in [5, 5.41) is 6.58. The number of rotatable bonds is 4. The Balaban J connectivity index is 1.71. The Morgan fingerprint density at radius 1 is 1.00 bits per heavy atom. The molecule has 0 radical (unpaired) electrons. The normalized spacial score (nSPS) is 21.2. The van der Waals surface area contributed by atoms with Crippen LogP contribution in [0.1, 0.15) is 72.8 Å². The highest BCUT2D eigenvalue weighted by Crippen LogP contribution is 2.26. The second-order valence-electron chi connectivity index (χ2n) is 9.57. The number of benzene rings is 1. The van der Waals surface area contributed by atoms with Gasteiger partial charge in [-0.05, 0) is 75.5 Å². The standard InChI is InChI=1S/C22H36N2O2/c1-21(2,3)17-9-13-18(14-10-17)23-15-16-7-11-19(12-8-16)24-20(25)26-22(4,5)6/h9-10,13-14,16,19,23H,7-8,11-12,15H2,1-6H3,(H,24,25)/t16-,19+. The summed E-state index contributed by atoms with van der Waals surface area (Å²) in [5.41, 5.74) is 2.30. The van der Waals surface area contributed by atoms with Gasteiger partial charge in [-0.25, -0.2) is 4.79 Å². The van der Waals surface area contributed by atoms with Crippen LogP contribution in [0.3, 0.4) is 0 Å². The number of nitrogens with one attached hydrogen (secondary N) is 2. The summed E-state index contributed by atoms with van der Waals surface area (Å²) < 4.78 is 5.34. The molecule has 0 unspecified atom stereocenters. The van der Waals surface area contributed by atoms with Gasteiger partial charge in [0.05, 0.1) is 0 Å². The first-order valence-corrected chi connectivity index (χ1v) is 9.87. The van der Waals surface area contributed by atoms with Crippen molar-refractivity contribution in [3.05, 3.63) is 29.8 Å². The first kappa shape index (κ1) is 20.6. The molecule has 1 aromatic carbocycles. The van der Waals surface area contributed by atoms with E-state index < -0.39 is 5.60 Å². The quantitative estimate of drug-likeness (QED) is 0.747. The maximum absolute atomic E-state index is 11.9. The Hall–Kier alpha value is -1.71. The van der Waals surface area contributed by atoms with Crippen molar-refractivity contribution in [1.82, 2.24) is 5.32 Å². The molecule has 146 valence electrons. The molecule has 1 fully saturated rings. The number of ether oxygens (including phenoxy) is 1. The van der Waals surface area contributed by atoms with Crippen molar-refractivity contribution in [2.24, 2.45) is 5.92 Å². The lowest BCUT2D eigenvalue weighted by Gasteiger charge is -2.30. The summed E-state index contributed by atoms with van der Waals surface area (Å²) in [7, 11) is 0. The minimum atomic E-state index is -0.437. The molecule has 26 heavy (non-hydrogen) atoms. The van der Waals surface area contributed by atoms with Gasteiger partial charge in [0.2, 0.25) is 0 Å². The summed E-state index contributed by atoms with van der Waals surface area (Å²) in [4.78, 5) is 11.9. The fraction of sp³-hybridized carbons (Fsp3) is 0.682. The van der Waals surface area contributed by atoms with Crippen molar-refractivity contribution in [3.63, 3.8) is 0 Å². The van der Waals surface area contributed by atoms with E-state index in [1.165, 1.54) is 11.3 Å². The van der Waals surface area contributed by atoms with E-state index in [1.807, 2.05) is 20.8 Å². The van der Waals surface area contributed by atoms with E-state index in [0.29, 0.717) is 5.92 Å². The van der Waals surface area contributed by atoms with Gasteiger partial charge in [-0.1, -0.05) is 32.9 Å². The van der Waals surface area contributed by atoms with E-state index in [0.717, 1.165) is 32.2 Å². The van der Waals surface area contributed by atoms with Gasteiger partial charge in [0.25, 0.3) is 0 Å². The van der Waals surface area contributed by atoms with E-state index in [1.54, 1.807) is 0 Å². The fourth-order valence-electron chi connectivity index (χ4n) is 3.34. The molecular formula is C22H36N2O2. The zero-order valence-corrected chi connectivity index (χ0v) is 17.3. The number of carbonyl (C=O) groups excluding carboxylic acids is 1. The Morgan fingerprint density at radius 3 is 2.08 bits per heavy atom. The molecule has 4 heteroatoms. The molecule has 0 spiro atoms. The third-order valence-electron chi connectivity index (χ3n) is 4.91. The van der Waals surface area contributed by atoms with Crippen molar-refractivity contribution in [2.75, 3.05) is 11.9 Å². The molecular weight excluding hydrogens is 324 g/mol. The van der Waals surface area contributed by atoms with Gasteiger partial charge in [-0.2, -0.15) is 0 Å². The molecule has 0 aliphatic heterocycles. The second kappa shape index (κ2) is 8.32. The van der Waals surface area contributed by atoms with Crippen LogP contribution in [0, 0.1) is 5.92 Å². The van der Waals surface area contributed by atoms with Gasteiger partial charge in [0.1, 0.15) is 5.60 Å². The topological polar surface area (TPSA) is 50.4 Å². The lowest BCUT2D eigenvalue weighted by atomic mass is 9.85. The van der Waals surface area contributed by atoms with Crippen LogP contribution in [0.5, 0.6) is 0 Å². The van der Waals surface area contributed by atoms with Crippen LogP contribution < -0.4 is 10.6 Å². The SMILES string of the molecule is CC(C)(C)OC(=O)N[C@H]1CC[C@@H](CNc2ccc(C(C)(C)C)cc2)CC1.